The Morgan fingerprint density at radius 1 is 1.40 bits per heavy atom. The van der Waals surface area contributed by atoms with Gasteiger partial charge in [-0.1, -0.05) is 17.7 Å². The summed E-state index contributed by atoms with van der Waals surface area (Å²) >= 11 is 9.36. The third-order valence-electron chi connectivity index (χ3n) is 1.98. The lowest BCUT2D eigenvalue weighted by atomic mass is 10.2. The molecule has 1 aromatic rings. The van der Waals surface area contributed by atoms with Crippen LogP contribution in [0.15, 0.2) is 22.7 Å². The molecule has 0 heterocycles. The zero-order valence-corrected chi connectivity index (χ0v) is 10.6. The van der Waals surface area contributed by atoms with Gasteiger partial charge in [0, 0.05) is 18.7 Å². The highest BCUT2D eigenvalue weighted by molar-refractivity contribution is 9.10. The number of nitrogens with zero attached hydrogens (tertiary/aromatic N) is 1. The smallest absolute Gasteiger partial charge is 0.0621 e. The molecule has 2 nitrogen and oxygen atoms in total. The van der Waals surface area contributed by atoms with Crippen LogP contribution in [0.5, 0.6) is 0 Å². The van der Waals surface area contributed by atoms with Crippen LogP contribution in [0.2, 0.25) is 5.02 Å². The van der Waals surface area contributed by atoms with Gasteiger partial charge in [-0.15, -0.1) is 0 Å². The van der Waals surface area contributed by atoms with Crippen molar-refractivity contribution >= 4 is 33.2 Å². The maximum Gasteiger partial charge on any atom is 0.0621 e. The number of benzene rings is 1. The number of halogens is 2. The van der Waals surface area contributed by atoms with Crippen LogP contribution in [-0.4, -0.2) is 6.54 Å². The second-order valence-electron chi connectivity index (χ2n) is 3.14. The number of unbranched alkanes of at least 4 members (excludes halogenated alkanes) is 2. The largest absolute Gasteiger partial charge is 0.384 e. The molecule has 1 aromatic carbocycles. The van der Waals surface area contributed by atoms with Crippen molar-refractivity contribution in [1.82, 2.24) is 0 Å². The Hall–Kier alpha value is -0.720. The summed E-state index contributed by atoms with van der Waals surface area (Å²) in [5.41, 5.74) is 0.999. The predicted octanol–water partition coefficient (Wildman–Crippen LogP) is 4.21. The number of nitrogens with one attached hydrogen (secondary N) is 1. The molecular formula is C11H12BrClN2. The van der Waals surface area contributed by atoms with Crippen LogP contribution in [0.1, 0.15) is 19.3 Å². The van der Waals surface area contributed by atoms with Crippen molar-refractivity contribution in [3.05, 3.63) is 27.7 Å². The quantitative estimate of drug-likeness (QED) is 0.824. The van der Waals surface area contributed by atoms with E-state index < -0.39 is 0 Å². The highest BCUT2D eigenvalue weighted by Gasteiger charge is 2.01. The van der Waals surface area contributed by atoms with Gasteiger partial charge in [0.2, 0.25) is 0 Å². The van der Waals surface area contributed by atoms with E-state index in [0.29, 0.717) is 11.4 Å². The van der Waals surface area contributed by atoms with E-state index in [-0.39, 0.29) is 0 Å². The lowest BCUT2D eigenvalue weighted by molar-refractivity contribution is 0.784. The molecule has 0 aliphatic heterocycles. The molecule has 0 aromatic heterocycles. The number of anilines is 1. The lowest BCUT2D eigenvalue weighted by Gasteiger charge is -2.08. The highest BCUT2D eigenvalue weighted by atomic mass is 79.9. The topological polar surface area (TPSA) is 35.8 Å². The summed E-state index contributed by atoms with van der Waals surface area (Å²) in [6, 6.07) is 7.85. The maximum atomic E-state index is 8.37. The standard InChI is InChI=1S/C11H12BrClN2/c12-11-9(13)5-4-6-10(11)15-8-3-1-2-7-14/h4-6,15H,1-3,8H2. The molecule has 0 spiro atoms. The monoisotopic (exact) mass is 286 g/mol. The van der Waals surface area contributed by atoms with E-state index in [1.807, 2.05) is 18.2 Å². The van der Waals surface area contributed by atoms with Crippen molar-refractivity contribution in [2.24, 2.45) is 0 Å². The third kappa shape index (κ3) is 4.11. The SMILES string of the molecule is N#CCCCCNc1cccc(Cl)c1Br. The van der Waals surface area contributed by atoms with E-state index in [0.717, 1.165) is 29.5 Å². The highest BCUT2D eigenvalue weighted by Crippen LogP contribution is 2.29. The van der Waals surface area contributed by atoms with E-state index in [4.69, 9.17) is 16.9 Å². The van der Waals surface area contributed by atoms with Crippen LogP contribution in [0.4, 0.5) is 5.69 Å². The molecule has 4 heteroatoms. The minimum absolute atomic E-state index is 0.623. The normalized spacial score (nSPS) is 9.67. The molecule has 0 saturated carbocycles. The molecule has 0 unspecified atom stereocenters. The fraction of sp³-hybridized carbons (Fsp3) is 0.364. The van der Waals surface area contributed by atoms with Gasteiger partial charge in [0.05, 0.1) is 15.6 Å². The average Bonchev–Trinajstić information content (AvgIpc) is 2.24. The van der Waals surface area contributed by atoms with Gasteiger partial charge < -0.3 is 5.32 Å². The van der Waals surface area contributed by atoms with Crippen molar-refractivity contribution in [2.75, 3.05) is 11.9 Å². The third-order valence-corrected chi connectivity index (χ3v) is 3.38. The number of hydrogen-bond donors (Lipinski definition) is 1. The summed E-state index contributed by atoms with van der Waals surface area (Å²) in [6.45, 7) is 0.862. The van der Waals surface area contributed by atoms with Crippen LogP contribution in [-0.2, 0) is 0 Å². The van der Waals surface area contributed by atoms with Crippen molar-refractivity contribution in [3.8, 4) is 6.07 Å². The lowest BCUT2D eigenvalue weighted by Crippen LogP contribution is -2.01. The summed E-state index contributed by atoms with van der Waals surface area (Å²) in [6.07, 6.45) is 2.55. The van der Waals surface area contributed by atoms with Crippen LogP contribution >= 0.6 is 27.5 Å². The molecule has 0 radical (unpaired) electrons. The minimum atomic E-state index is 0.623. The molecule has 1 rings (SSSR count). The first-order valence-corrected chi connectivity index (χ1v) is 5.97. The van der Waals surface area contributed by atoms with Gasteiger partial charge in [-0.2, -0.15) is 5.26 Å². The Morgan fingerprint density at radius 3 is 2.93 bits per heavy atom. The molecule has 1 N–H and O–H groups in total. The van der Waals surface area contributed by atoms with Gasteiger partial charge >= 0.3 is 0 Å². The van der Waals surface area contributed by atoms with Crippen LogP contribution in [0, 0.1) is 11.3 Å². The average molecular weight is 288 g/mol. The molecule has 0 aliphatic rings. The Morgan fingerprint density at radius 2 is 2.20 bits per heavy atom. The summed E-state index contributed by atoms with van der Waals surface area (Å²) in [7, 11) is 0. The first-order chi connectivity index (χ1) is 7.25. The van der Waals surface area contributed by atoms with Crippen LogP contribution < -0.4 is 5.32 Å². The van der Waals surface area contributed by atoms with Gasteiger partial charge in [0.25, 0.3) is 0 Å². The Balaban J connectivity index is 2.38. The molecule has 80 valence electrons. The fourth-order valence-corrected chi connectivity index (χ4v) is 1.77. The second-order valence-corrected chi connectivity index (χ2v) is 4.34. The molecule has 0 atom stereocenters. The molecule has 15 heavy (non-hydrogen) atoms. The van der Waals surface area contributed by atoms with Gasteiger partial charge in [-0.25, -0.2) is 0 Å². The van der Waals surface area contributed by atoms with E-state index in [9.17, 15) is 0 Å². The number of rotatable bonds is 5. The number of hydrogen-bond acceptors (Lipinski definition) is 2. The zero-order chi connectivity index (χ0) is 11.1. The summed E-state index contributed by atoms with van der Waals surface area (Å²) in [5, 5.41) is 12.3. The summed E-state index contributed by atoms with van der Waals surface area (Å²) in [4.78, 5) is 0. The second kappa shape index (κ2) is 6.71. The Kier molecular flexibility index (Phi) is 5.52. The molecule has 0 aliphatic carbocycles. The Bertz CT molecular complexity index is 360. The van der Waals surface area contributed by atoms with E-state index in [1.54, 1.807) is 0 Å². The van der Waals surface area contributed by atoms with E-state index >= 15 is 0 Å². The van der Waals surface area contributed by atoms with Crippen molar-refractivity contribution in [1.29, 1.82) is 5.26 Å². The molecular weight excluding hydrogens is 275 g/mol. The van der Waals surface area contributed by atoms with Crippen LogP contribution in [0.3, 0.4) is 0 Å². The molecule has 0 saturated heterocycles. The zero-order valence-electron chi connectivity index (χ0n) is 8.26. The Labute approximate surface area is 103 Å². The summed E-state index contributed by atoms with van der Waals surface area (Å²) < 4.78 is 0.895. The van der Waals surface area contributed by atoms with Gasteiger partial charge in [0.1, 0.15) is 0 Å². The molecule has 0 bridgehead atoms. The van der Waals surface area contributed by atoms with Gasteiger partial charge in [0.15, 0.2) is 0 Å². The predicted molar refractivity (Wildman–Crippen MR) is 67.1 cm³/mol. The van der Waals surface area contributed by atoms with Crippen molar-refractivity contribution < 1.29 is 0 Å². The van der Waals surface area contributed by atoms with E-state index in [2.05, 4.69) is 27.3 Å². The first kappa shape index (κ1) is 12.4. The van der Waals surface area contributed by atoms with Gasteiger partial charge in [-0.3, -0.25) is 0 Å². The van der Waals surface area contributed by atoms with Crippen molar-refractivity contribution in [3.63, 3.8) is 0 Å². The summed E-state index contributed by atoms with van der Waals surface area (Å²) in [5.74, 6) is 0. The maximum absolute atomic E-state index is 8.37. The van der Waals surface area contributed by atoms with Gasteiger partial charge in [-0.05, 0) is 40.9 Å². The van der Waals surface area contributed by atoms with Crippen molar-refractivity contribution in [2.45, 2.75) is 19.3 Å². The molecule has 0 fully saturated rings. The fourth-order valence-electron chi connectivity index (χ4n) is 1.19. The first-order valence-electron chi connectivity index (χ1n) is 4.80. The minimum Gasteiger partial charge on any atom is -0.384 e. The number of nitriles is 1. The van der Waals surface area contributed by atoms with Crippen LogP contribution in [0.25, 0.3) is 0 Å². The van der Waals surface area contributed by atoms with E-state index in [1.165, 1.54) is 0 Å². The molecule has 0 amide bonds.